The van der Waals surface area contributed by atoms with Crippen molar-refractivity contribution in [3.63, 3.8) is 0 Å². The van der Waals surface area contributed by atoms with E-state index >= 15 is 0 Å². The molecule has 2 saturated heterocycles. The molecule has 3 bridgehead atoms. The Kier molecular flexibility index (Phi) is 1.58. The van der Waals surface area contributed by atoms with E-state index in [1.54, 1.807) is 0 Å². The Morgan fingerprint density at radius 3 is 2.75 bits per heavy atom. The first-order chi connectivity index (χ1) is 5.65. The monoisotopic (exact) mass is 391 g/mol. The van der Waals surface area contributed by atoms with Crippen LogP contribution in [0.3, 0.4) is 0 Å². The van der Waals surface area contributed by atoms with Gasteiger partial charge in [0.25, 0.3) is 0 Å². The van der Waals surface area contributed by atoms with Gasteiger partial charge in [-0.05, 0) is 0 Å². The number of alkyl halides is 3. The number of halogens is 2. The van der Waals surface area contributed by atoms with Crippen LogP contribution in [0, 0.1) is 11.8 Å². The molecule has 0 aromatic rings. The molecule has 4 rings (SSSR count). The van der Waals surface area contributed by atoms with Crippen LogP contribution in [-0.4, -0.2) is 22.3 Å². The van der Waals surface area contributed by atoms with Gasteiger partial charge >= 0.3 is 95.6 Å². The third kappa shape index (κ3) is 0.711. The predicted octanol–water partition coefficient (Wildman–Crippen LogP) is -1.88. The maximum absolute atomic E-state index is 11.0. The zero-order chi connectivity index (χ0) is 8.51. The average Bonchev–Trinajstić information content (AvgIpc) is 2.64. The van der Waals surface area contributed by atoms with Crippen LogP contribution in [0.2, 0.25) is 0 Å². The molecule has 4 heteroatoms. The van der Waals surface area contributed by atoms with Gasteiger partial charge in [-0.15, -0.1) is 0 Å². The van der Waals surface area contributed by atoms with Crippen molar-refractivity contribution in [2.24, 2.45) is 11.8 Å². The Morgan fingerprint density at radius 1 is 1.67 bits per heavy atom. The molecule has 0 aromatic heterocycles. The van der Waals surface area contributed by atoms with Crippen LogP contribution in [0.4, 0.5) is 0 Å². The topological polar surface area (TPSA) is 37.3 Å². The van der Waals surface area contributed by atoms with Crippen LogP contribution < -0.4 is 21.2 Å². The number of carboxylic acids is 1. The van der Waals surface area contributed by atoms with Gasteiger partial charge in [-0.2, -0.15) is 0 Å². The summed E-state index contributed by atoms with van der Waals surface area (Å²) in [7, 11) is 0. The number of hydrogen-bond donors (Lipinski definition) is 1. The summed E-state index contributed by atoms with van der Waals surface area (Å²) >= 11 is 2.74. The number of carboxylic acid groups (broad SMARTS) is 1. The van der Waals surface area contributed by atoms with Crippen LogP contribution in [0.5, 0.6) is 0 Å². The van der Waals surface area contributed by atoms with Crippen molar-refractivity contribution in [2.45, 2.75) is 24.1 Å². The second-order valence-electron chi connectivity index (χ2n) is 3.97. The first-order valence-corrected chi connectivity index (χ1v) is 7.73. The second-order valence-corrected chi connectivity index (χ2v) is 9.38. The summed E-state index contributed by atoms with van der Waals surface area (Å²) in [6.45, 7) is 0. The van der Waals surface area contributed by atoms with E-state index in [2.05, 4.69) is 22.6 Å². The van der Waals surface area contributed by atoms with Crippen LogP contribution in [0.15, 0.2) is 0 Å². The van der Waals surface area contributed by atoms with E-state index in [9.17, 15) is 4.79 Å². The van der Waals surface area contributed by atoms with Crippen LogP contribution >= 0.6 is 22.6 Å². The fourth-order valence-corrected chi connectivity index (χ4v) is 11.3. The normalized spacial score (nSPS) is 60.8. The van der Waals surface area contributed by atoms with Gasteiger partial charge < -0.3 is 0 Å². The van der Waals surface area contributed by atoms with Crippen LogP contribution in [-0.2, 0) is 4.79 Å². The Balaban J connectivity index is 1.98. The quantitative estimate of drug-likeness (QED) is 0.420. The Labute approximate surface area is 94.9 Å². The molecule has 2 nitrogen and oxygen atoms in total. The van der Waals surface area contributed by atoms with Crippen molar-refractivity contribution in [1.29, 1.82) is 0 Å². The zero-order valence-electron chi connectivity index (χ0n) is 6.34. The van der Waals surface area contributed by atoms with Gasteiger partial charge in [-0.25, -0.2) is 0 Å². The first kappa shape index (κ1) is 8.26. The molecule has 0 aromatic carbocycles. The molecule has 68 valence electrons. The minimum atomic E-state index is -0.517. The van der Waals surface area contributed by atoms with Gasteiger partial charge in [-0.1, -0.05) is 0 Å². The summed E-state index contributed by atoms with van der Waals surface area (Å²) in [5.74, 6) is 0.333. The van der Waals surface area contributed by atoms with E-state index in [0.29, 0.717) is 3.42 Å². The number of hydrogen-bond acceptors (Lipinski definition) is 1. The summed E-state index contributed by atoms with van der Waals surface area (Å²) in [4.78, 5) is 11.0. The van der Waals surface area contributed by atoms with E-state index in [0.717, 1.165) is 20.2 Å². The number of rotatable bonds is 1. The van der Waals surface area contributed by atoms with Crippen molar-refractivity contribution in [3.8, 4) is 0 Å². The van der Waals surface area contributed by atoms with E-state index in [1.807, 2.05) is 0 Å². The predicted molar refractivity (Wildman–Crippen MR) is 48.2 cm³/mol. The molecule has 1 N–H and O–H groups in total. The standard InChI is InChI=1S/C8H9I2O2/c9-6-5-3-1-4(7(11)12)8(6,2-3)10-5/h3-6H,1-2H2,(H,11,12)/q-1. The molecule has 2 saturated carbocycles. The van der Waals surface area contributed by atoms with Gasteiger partial charge in [-0.3, -0.25) is 0 Å². The third-order valence-corrected chi connectivity index (χ3v) is 13.4. The Morgan fingerprint density at radius 2 is 2.42 bits per heavy atom. The van der Waals surface area contributed by atoms with Gasteiger partial charge in [0, 0.05) is 0 Å². The third-order valence-electron chi connectivity index (χ3n) is 3.51. The van der Waals surface area contributed by atoms with Gasteiger partial charge in [0.2, 0.25) is 0 Å². The molecule has 2 heterocycles. The van der Waals surface area contributed by atoms with E-state index in [1.165, 1.54) is 6.42 Å². The van der Waals surface area contributed by atoms with Crippen molar-refractivity contribution >= 4 is 28.6 Å². The average molecular weight is 391 g/mol. The van der Waals surface area contributed by atoms with Crippen molar-refractivity contribution in [3.05, 3.63) is 0 Å². The van der Waals surface area contributed by atoms with Gasteiger partial charge in [0.15, 0.2) is 0 Å². The Hall–Kier alpha value is 0.930. The van der Waals surface area contributed by atoms with Crippen molar-refractivity contribution in [1.82, 2.24) is 0 Å². The molecule has 2 aliphatic carbocycles. The molecule has 0 amide bonds. The molecule has 0 radical (unpaired) electrons. The molecular weight excluding hydrogens is 382 g/mol. The molecule has 1 spiro atoms. The fourth-order valence-electron chi connectivity index (χ4n) is 2.98. The van der Waals surface area contributed by atoms with Gasteiger partial charge in [0.05, 0.1) is 0 Å². The number of carbonyl (C=O) groups is 1. The summed E-state index contributed by atoms with van der Waals surface area (Å²) in [6.07, 6.45) is 2.26. The number of aliphatic carboxylic acids is 1. The molecule has 5 unspecified atom stereocenters. The second kappa shape index (κ2) is 2.29. The van der Waals surface area contributed by atoms with E-state index < -0.39 is 5.97 Å². The molecule has 12 heavy (non-hydrogen) atoms. The minimum absolute atomic E-state index is 0.0437. The summed E-state index contributed by atoms with van der Waals surface area (Å²) in [5.41, 5.74) is 0. The molecule has 2 aliphatic heterocycles. The van der Waals surface area contributed by atoms with Crippen molar-refractivity contribution < 1.29 is 31.1 Å². The molecule has 4 aliphatic rings. The summed E-state index contributed by atoms with van der Waals surface area (Å²) < 4.78 is 2.06. The fraction of sp³-hybridized carbons (Fsp3) is 0.875. The van der Waals surface area contributed by atoms with E-state index in [-0.39, 0.29) is 27.1 Å². The summed E-state index contributed by atoms with van der Waals surface area (Å²) in [5, 5.41) is 9.06. The zero-order valence-corrected chi connectivity index (χ0v) is 10.7. The van der Waals surface area contributed by atoms with E-state index in [4.69, 9.17) is 5.11 Å². The van der Waals surface area contributed by atoms with Gasteiger partial charge in [0.1, 0.15) is 0 Å². The Bertz CT molecular complexity index is 266. The first-order valence-electron chi connectivity index (χ1n) is 4.16. The maximum atomic E-state index is 11.0. The SMILES string of the molecule is O=C(O)C1CC2CC13[I-]C2C3I. The summed E-state index contributed by atoms with van der Waals surface area (Å²) in [6, 6.07) is 0. The van der Waals surface area contributed by atoms with Crippen LogP contribution in [0.1, 0.15) is 12.8 Å². The molecule has 5 atom stereocenters. The van der Waals surface area contributed by atoms with Crippen LogP contribution in [0.25, 0.3) is 0 Å². The molecular formula is C8H9I2O2-. The van der Waals surface area contributed by atoms with Crippen molar-refractivity contribution in [2.75, 3.05) is 0 Å². The molecule has 4 fully saturated rings.